The molecule has 0 aromatic heterocycles. The first-order chi connectivity index (χ1) is 9.22. The number of amides is 1. The van der Waals surface area contributed by atoms with Crippen LogP contribution in [-0.2, 0) is 4.74 Å². The lowest BCUT2D eigenvalue weighted by molar-refractivity contribution is 0.130. The molecule has 0 fully saturated rings. The highest BCUT2D eigenvalue weighted by molar-refractivity contribution is 5.86. The SMILES string of the molecule is CC(C)OC(=O)Nc1cc(C(C)C)c(N)c(C(C)C)c1. The highest BCUT2D eigenvalue weighted by Crippen LogP contribution is 2.33. The number of benzene rings is 1. The van der Waals surface area contributed by atoms with Crippen LogP contribution in [0.15, 0.2) is 12.1 Å². The van der Waals surface area contributed by atoms with Crippen molar-refractivity contribution in [1.82, 2.24) is 0 Å². The zero-order chi connectivity index (χ0) is 15.4. The van der Waals surface area contributed by atoms with Crippen LogP contribution in [0, 0.1) is 0 Å². The third kappa shape index (κ3) is 4.15. The standard InChI is InChI=1S/C16H26N2O2/c1-9(2)13-7-12(18-16(19)20-11(5)6)8-14(10(3)4)15(13)17/h7-11H,17H2,1-6H3,(H,18,19). The van der Waals surface area contributed by atoms with Crippen LogP contribution in [-0.4, -0.2) is 12.2 Å². The van der Waals surface area contributed by atoms with Crippen molar-refractivity contribution in [2.45, 2.75) is 59.5 Å². The van der Waals surface area contributed by atoms with Crippen LogP contribution in [0.1, 0.15) is 64.5 Å². The molecule has 1 aromatic carbocycles. The molecule has 1 aromatic rings. The van der Waals surface area contributed by atoms with Gasteiger partial charge in [-0.1, -0.05) is 27.7 Å². The summed E-state index contributed by atoms with van der Waals surface area (Å²) in [5.41, 5.74) is 9.88. The third-order valence-corrected chi connectivity index (χ3v) is 3.08. The van der Waals surface area contributed by atoms with Crippen LogP contribution >= 0.6 is 0 Å². The average molecular weight is 278 g/mol. The molecule has 0 unspecified atom stereocenters. The summed E-state index contributed by atoms with van der Waals surface area (Å²) < 4.78 is 5.10. The van der Waals surface area contributed by atoms with Crippen LogP contribution < -0.4 is 11.1 Å². The Labute approximate surface area is 121 Å². The Morgan fingerprint density at radius 1 is 1.05 bits per heavy atom. The molecule has 112 valence electrons. The fraction of sp³-hybridized carbons (Fsp3) is 0.562. The summed E-state index contributed by atoms with van der Waals surface area (Å²) in [5, 5.41) is 2.77. The van der Waals surface area contributed by atoms with E-state index < -0.39 is 6.09 Å². The van der Waals surface area contributed by atoms with Gasteiger partial charge in [-0.25, -0.2) is 4.79 Å². The van der Waals surface area contributed by atoms with Crippen LogP contribution in [0.3, 0.4) is 0 Å². The van der Waals surface area contributed by atoms with Gasteiger partial charge in [0, 0.05) is 11.4 Å². The van der Waals surface area contributed by atoms with Crippen LogP contribution in [0.25, 0.3) is 0 Å². The first-order valence-corrected chi connectivity index (χ1v) is 7.13. The minimum absolute atomic E-state index is 0.141. The number of nitrogens with two attached hydrogens (primary N) is 1. The van der Waals surface area contributed by atoms with Crippen molar-refractivity contribution >= 4 is 17.5 Å². The zero-order valence-electron chi connectivity index (χ0n) is 13.3. The lowest BCUT2D eigenvalue weighted by atomic mass is 9.92. The third-order valence-electron chi connectivity index (χ3n) is 3.08. The monoisotopic (exact) mass is 278 g/mol. The molecule has 4 heteroatoms. The Hall–Kier alpha value is -1.71. The quantitative estimate of drug-likeness (QED) is 0.798. The van der Waals surface area contributed by atoms with Gasteiger partial charge in [0.05, 0.1) is 6.10 Å². The molecule has 0 aliphatic carbocycles. The largest absolute Gasteiger partial charge is 0.447 e. The number of rotatable bonds is 4. The van der Waals surface area contributed by atoms with E-state index in [-0.39, 0.29) is 6.10 Å². The number of carbonyl (C=O) groups is 1. The second kappa shape index (κ2) is 6.64. The Morgan fingerprint density at radius 3 is 1.85 bits per heavy atom. The summed E-state index contributed by atoms with van der Waals surface area (Å²) in [7, 11) is 0. The second-order valence-corrected chi connectivity index (χ2v) is 5.96. The molecular formula is C16H26N2O2. The second-order valence-electron chi connectivity index (χ2n) is 5.96. The van der Waals surface area contributed by atoms with E-state index in [1.807, 2.05) is 26.0 Å². The number of anilines is 2. The summed E-state index contributed by atoms with van der Waals surface area (Å²) in [6, 6.07) is 3.85. The van der Waals surface area contributed by atoms with Crippen LogP contribution in [0.5, 0.6) is 0 Å². The number of nitrogens with one attached hydrogen (secondary N) is 1. The molecule has 0 saturated heterocycles. The maximum absolute atomic E-state index is 11.7. The molecule has 1 amide bonds. The fourth-order valence-corrected chi connectivity index (χ4v) is 2.09. The topological polar surface area (TPSA) is 64.3 Å². The first kappa shape index (κ1) is 16.3. The summed E-state index contributed by atoms with van der Waals surface area (Å²) in [5.74, 6) is 0.603. The van der Waals surface area contributed by atoms with E-state index in [1.165, 1.54) is 0 Å². The van der Waals surface area contributed by atoms with Gasteiger partial charge in [0.2, 0.25) is 0 Å². The Bertz CT molecular complexity index is 450. The van der Waals surface area contributed by atoms with Gasteiger partial charge in [-0.2, -0.15) is 0 Å². The van der Waals surface area contributed by atoms with Crippen molar-refractivity contribution in [2.24, 2.45) is 0 Å². The van der Waals surface area contributed by atoms with Gasteiger partial charge in [-0.05, 0) is 48.9 Å². The molecule has 0 aliphatic rings. The Morgan fingerprint density at radius 2 is 1.50 bits per heavy atom. The molecule has 0 aliphatic heterocycles. The average Bonchev–Trinajstić information content (AvgIpc) is 2.29. The highest BCUT2D eigenvalue weighted by atomic mass is 16.6. The van der Waals surface area contributed by atoms with Crippen molar-refractivity contribution in [3.8, 4) is 0 Å². The lowest BCUT2D eigenvalue weighted by Gasteiger charge is -2.19. The number of nitrogen functional groups attached to an aromatic ring is 1. The van der Waals surface area contributed by atoms with Crippen molar-refractivity contribution in [2.75, 3.05) is 11.1 Å². The van der Waals surface area contributed by atoms with Crippen LogP contribution in [0.4, 0.5) is 16.2 Å². The van der Waals surface area contributed by atoms with Crippen molar-refractivity contribution in [3.63, 3.8) is 0 Å². The number of hydrogen-bond acceptors (Lipinski definition) is 3. The van der Waals surface area contributed by atoms with Gasteiger partial charge in [-0.3, -0.25) is 5.32 Å². The molecule has 0 atom stereocenters. The number of ether oxygens (including phenoxy) is 1. The van der Waals surface area contributed by atoms with E-state index in [0.717, 1.165) is 22.5 Å². The highest BCUT2D eigenvalue weighted by Gasteiger charge is 2.15. The molecular weight excluding hydrogens is 252 g/mol. The van der Waals surface area contributed by atoms with Gasteiger partial charge in [0.15, 0.2) is 0 Å². The van der Waals surface area contributed by atoms with Gasteiger partial charge in [0.1, 0.15) is 0 Å². The predicted molar refractivity (Wildman–Crippen MR) is 84.3 cm³/mol. The van der Waals surface area contributed by atoms with Crippen molar-refractivity contribution in [1.29, 1.82) is 0 Å². The minimum Gasteiger partial charge on any atom is -0.447 e. The van der Waals surface area contributed by atoms with E-state index in [4.69, 9.17) is 10.5 Å². The van der Waals surface area contributed by atoms with E-state index in [1.54, 1.807) is 0 Å². The van der Waals surface area contributed by atoms with Gasteiger partial charge >= 0.3 is 6.09 Å². The molecule has 4 nitrogen and oxygen atoms in total. The van der Waals surface area contributed by atoms with E-state index >= 15 is 0 Å². The van der Waals surface area contributed by atoms with E-state index in [0.29, 0.717) is 11.8 Å². The van der Waals surface area contributed by atoms with E-state index in [2.05, 4.69) is 33.0 Å². The summed E-state index contributed by atoms with van der Waals surface area (Å²) >= 11 is 0. The van der Waals surface area contributed by atoms with Crippen molar-refractivity contribution in [3.05, 3.63) is 23.3 Å². The molecule has 3 N–H and O–H groups in total. The molecule has 0 spiro atoms. The van der Waals surface area contributed by atoms with E-state index in [9.17, 15) is 4.79 Å². The summed E-state index contributed by atoms with van der Waals surface area (Å²) in [6.45, 7) is 12.0. The predicted octanol–water partition coefficient (Wildman–Crippen LogP) is 4.47. The zero-order valence-corrected chi connectivity index (χ0v) is 13.3. The molecule has 1 rings (SSSR count). The fourth-order valence-electron chi connectivity index (χ4n) is 2.09. The van der Waals surface area contributed by atoms with Crippen molar-refractivity contribution < 1.29 is 9.53 Å². The lowest BCUT2D eigenvalue weighted by Crippen LogP contribution is -2.18. The Kier molecular flexibility index (Phi) is 5.43. The smallest absolute Gasteiger partial charge is 0.411 e. The summed E-state index contributed by atoms with van der Waals surface area (Å²) in [4.78, 5) is 11.7. The number of carbonyl (C=O) groups excluding carboxylic acids is 1. The number of hydrogen-bond donors (Lipinski definition) is 2. The normalized spacial score (nSPS) is 11.2. The molecule has 0 radical (unpaired) electrons. The first-order valence-electron chi connectivity index (χ1n) is 7.13. The maximum Gasteiger partial charge on any atom is 0.411 e. The maximum atomic E-state index is 11.7. The Balaban J connectivity index is 3.11. The summed E-state index contributed by atoms with van der Waals surface area (Å²) in [6.07, 6.45) is -0.577. The van der Waals surface area contributed by atoms with Gasteiger partial charge < -0.3 is 10.5 Å². The molecule has 0 bridgehead atoms. The molecule has 20 heavy (non-hydrogen) atoms. The van der Waals surface area contributed by atoms with Crippen LogP contribution in [0.2, 0.25) is 0 Å². The molecule has 0 heterocycles. The molecule has 0 saturated carbocycles. The van der Waals surface area contributed by atoms with Gasteiger partial charge in [0.25, 0.3) is 0 Å². The van der Waals surface area contributed by atoms with Gasteiger partial charge in [-0.15, -0.1) is 0 Å². The minimum atomic E-state index is -0.436.